The highest BCUT2D eigenvalue weighted by molar-refractivity contribution is 5.72. The zero-order valence-corrected chi connectivity index (χ0v) is 15.1. The number of methoxy groups -OCH3 is 1. The summed E-state index contributed by atoms with van der Waals surface area (Å²) < 4.78 is 4.72. The molecule has 0 aromatic rings. The third-order valence-corrected chi connectivity index (χ3v) is 5.73. The first-order chi connectivity index (χ1) is 11.0. The Labute approximate surface area is 141 Å². The molecule has 0 radical (unpaired) electrons. The molecule has 2 fully saturated rings. The van der Waals surface area contributed by atoms with Gasteiger partial charge in [-0.2, -0.15) is 0 Å². The molecule has 134 valence electrons. The number of carboxylic acid groups (broad SMARTS) is 1. The van der Waals surface area contributed by atoms with Gasteiger partial charge < -0.3 is 9.84 Å². The number of ether oxygens (including phenoxy) is 1. The summed E-state index contributed by atoms with van der Waals surface area (Å²) >= 11 is 0. The monoisotopic (exact) mass is 326 g/mol. The van der Waals surface area contributed by atoms with E-state index in [-0.39, 0.29) is 17.8 Å². The van der Waals surface area contributed by atoms with Crippen molar-refractivity contribution in [2.45, 2.75) is 78.1 Å². The average molecular weight is 326 g/mol. The number of esters is 1. The number of rotatable bonds is 4. The largest absolute Gasteiger partial charge is 0.481 e. The highest BCUT2D eigenvalue weighted by Crippen LogP contribution is 2.31. The molecule has 2 aliphatic rings. The highest BCUT2D eigenvalue weighted by atomic mass is 16.5. The maximum absolute atomic E-state index is 11.1. The van der Waals surface area contributed by atoms with Crippen LogP contribution >= 0.6 is 0 Å². The van der Waals surface area contributed by atoms with Crippen molar-refractivity contribution in [1.29, 1.82) is 0 Å². The van der Waals surface area contributed by atoms with Crippen molar-refractivity contribution in [2.24, 2.45) is 23.7 Å². The Morgan fingerprint density at radius 2 is 1.22 bits per heavy atom. The molecule has 2 aliphatic carbocycles. The normalized spacial score (nSPS) is 30.7. The third-order valence-electron chi connectivity index (χ3n) is 5.73. The molecule has 0 aromatic carbocycles. The second-order valence-corrected chi connectivity index (χ2v) is 7.11. The molecule has 0 aromatic heterocycles. The lowest BCUT2D eigenvalue weighted by Crippen LogP contribution is -2.22. The van der Waals surface area contributed by atoms with Gasteiger partial charge in [-0.15, -0.1) is 0 Å². The lowest BCUT2D eigenvalue weighted by atomic mass is 9.81. The molecule has 0 amide bonds. The molecule has 4 nitrogen and oxygen atoms in total. The quantitative estimate of drug-likeness (QED) is 0.763. The van der Waals surface area contributed by atoms with Gasteiger partial charge in [0.25, 0.3) is 0 Å². The Morgan fingerprint density at radius 1 is 0.826 bits per heavy atom. The minimum absolute atomic E-state index is 0.00967. The van der Waals surface area contributed by atoms with Gasteiger partial charge in [0, 0.05) is 0 Å². The average Bonchev–Trinajstić information content (AvgIpc) is 2.61. The fourth-order valence-corrected chi connectivity index (χ4v) is 3.79. The van der Waals surface area contributed by atoms with Gasteiger partial charge >= 0.3 is 11.9 Å². The fraction of sp³-hybridized carbons (Fsp3) is 0.895. The Hall–Kier alpha value is -1.06. The minimum atomic E-state index is -0.598. The van der Waals surface area contributed by atoms with Crippen molar-refractivity contribution in [3.63, 3.8) is 0 Å². The summed E-state index contributed by atoms with van der Waals surface area (Å²) in [4.78, 5) is 21.7. The Balaban J connectivity index is 0.000000231. The molecule has 0 saturated heterocycles. The van der Waals surface area contributed by atoms with Gasteiger partial charge in [-0.1, -0.05) is 26.7 Å². The number of aliphatic carboxylic acids is 1. The highest BCUT2D eigenvalue weighted by Gasteiger charge is 2.26. The van der Waals surface area contributed by atoms with Crippen LogP contribution in [-0.4, -0.2) is 24.2 Å². The SMILES string of the molecule is CCC1CCC(C(=O)O)CC1.CCC1CCC(C(=O)OC)CC1. The molecule has 0 unspecified atom stereocenters. The molecular formula is C19H34O4. The van der Waals surface area contributed by atoms with E-state index in [1.54, 1.807) is 0 Å². The van der Waals surface area contributed by atoms with Crippen molar-refractivity contribution in [3.05, 3.63) is 0 Å². The van der Waals surface area contributed by atoms with Gasteiger partial charge in [-0.3, -0.25) is 9.59 Å². The van der Waals surface area contributed by atoms with Crippen LogP contribution in [0.25, 0.3) is 0 Å². The van der Waals surface area contributed by atoms with E-state index < -0.39 is 5.97 Å². The number of hydrogen-bond donors (Lipinski definition) is 1. The molecule has 23 heavy (non-hydrogen) atoms. The van der Waals surface area contributed by atoms with E-state index in [2.05, 4.69) is 13.8 Å². The molecule has 0 heterocycles. The van der Waals surface area contributed by atoms with Crippen LogP contribution in [0.2, 0.25) is 0 Å². The standard InChI is InChI=1S/C10H18O2.C9H16O2/c1-3-8-4-6-9(7-5-8)10(11)12-2;1-2-7-3-5-8(6-4-7)9(10)11/h8-9H,3-7H2,1-2H3;7-8H,2-6H2,1H3,(H,10,11). The van der Waals surface area contributed by atoms with Gasteiger partial charge in [0.2, 0.25) is 0 Å². The van der Waals surface area contributed by atoms with Crippen molar-refractivity contribution in [3.8, 4) is 0 Å². The summed E-state index contributed by atoms with van der Waals surface area (Å²) in [5.41, 5.74) is 0. The first kappa shape index (κ1) is 20.0. The van der Waals surface area contributed by atoms with Gasteiger partial charge in [0.15, 0.2) is 0 Å². The summed E-state index contributed by atoms with van der Waals surface area (Å²) in [6.07, 6.45) is 11.0. The van der Waals surface area contributed by atoms with Crippen molar-refractivity contribution >= 4 is 11.9 Å². The minimum Gasteiger partial charge on any atom is -0.481 e. The second-order valence-electron chi connectivity index (χ2n) is 7.11. The topological polar surface area (TPSA) is 63.6 Å². The summed E-state index contributed by atoms with van der Waals surface area (Å²) in [7, 11) is 1.48. The maximum atomic E-state index is 11.1. The Morgan fingerprint density at radius 3 is 1.52 bits per heavy atom. The smallest absolute Gasteiger partial charge is 0.308 e. The number of carboxylic acids is 1. The lowest BCUT2D eigenvalue weighted by Gasteiger charge is -2.25. The molecule has 2 saturated carbocycles. The number of hydrogen-bond acceptors (Lipinski definition) is 3. The van der Waals surface area contributed by atoms with E-state index in [0.29, 0.717) is 0 Å². The molecule has 2 rings (SSSR count). The van der Waals surface area contributed by atoms with E-state index >= 15 is 0 Å². The zero-order chi connectivity index (χ0) is 17.2. The molecule has 0 atom stereocenters. The van der Waals surface area contributed by atoms with E-state index in [9.17, 15) is 9.59 Å². The third kappa shape index (κ3) is 6.92. The first-order valence-electron chi connectivity index (χ1n) is 9.32. The molecule has 0 aliphatic heterocycles. The van der Waals surface area contributed by atoms with Crippen LogP contribution in [0, 0.1) is 23.7 Å². The van der Waals surface area contributed by atoms with E-state index in [1.165, 1.54) is 32.8 Å². The van der Waals surface area contributed by atoms with Crippen molar-refractivity contribution in [1.82, 2.24) is 0 Å². The summed E-state index contributed by atoms with van der Waals surface area (Å²) in [5, 5.41) is 8.70. The van der Waals surface area contributed by atoms with Crippen LogP contribution in [-0.2, 0) is 14.3 Å². The summed E-state index contributed by atoms with van der Waals surface area (Å²) in [6.45, 7) is 4.41. The second kappa shape index (κ2) is 10.7. The van der Waals surface area contributed by atoms with Crippen molar-refractivity contribution < 1.29 is 19.4 Å². The van der Waals surface area contributed by atoms with Crippen LogP contribution in [0.1, 0.15) is 78.1 Å². The predicted octanol–water partition coefficient (Wildman–Crippen LogP) is 4.66. The predicted molar refractivity (Wildman–Crippen MR) is 91.1 cm³/mol. The maximum Gasteiger partial charge on any atom is 0.308 e. The molecule has 4 heteroatoms. The van der Waals surface area contributed by atoms with Crippen LogP contribution in [0.4, 0.5) is 0 Å². The van der Waals surface area contributed by atoms with Crippen LogP contribution in [0.15, 0.2) is 0 Å². The summed E-state index contributed by atoms with van der Waals surface area (Å²) in [6, 6.07) is 0. The van der Waals surface area contributed by atoms with Gasteiger partial charge in [-0.25, -0.2) is 0 Å². The van der Waals surface area contributed by atoms with E-state index in [1.807, 2.05) is 0 Å². The number of carbonyl (C=O) groups excluding carboxylic acids is 1. The fourth-order valence-electron chi connectivity index (χ4n) is 3.79. The number of carbonyl (C=O) groups is 2. The Kier molecular flexibility index (Phi) is 9.27. The van der Waals surface area contributed by atoms with Crippen LogP contribution in [0.5, 0.6) is 0 Å². The summed E-state index contributed by atoms with van der Waals surface area (Å²) in [5.74, 6) is 1.19. The zero-order valence-electron chi connectivity index (χ0n) is 15.1. The molecule has 0 bridgehead atoms. The van der Waals surface area contributed by atoms with Gasteiger partial charge in [0.05, 0.1) is 18.9 Å². The van der Waals surface area contributed by atoms with E-state index in [0.717, 1.165) is 50.4 Å². The van der Waals surface area contributed by atoms with Crippen LogP contribution < -0.4 is 0 Å². The van der Waals surface area contributed by atoms with Gasteiger partial charge in [0.1, 0.15) is 0 Å². The Bertz CT molecular complexity index is 350. The molecular weight excluding hydrogens is 292 g/mol. The lowest BCUT2D eigenvalue weighted by molar-refractivity contribution is -0.147. The van der Waals surface area contributed by atoms with Gasteiger partial charge in [-0.05, 0) is 63.2 Å². The molecule has 1 N–H and O–H groups in total. The first-order valence-corrected chi connectivity index (χ1v) is 9.32. The molecule has 0 spiro atoms. The van der Waals surface area contributed by atoms with E-state index in [4.69, 9.17) is 9.84 Å². The van der Waals surface area contributed by atoms with Crippen molar-refractivity contribution in [2.75, 3.05) is 7.11 Å². The van der Waals surface area contributed by atoms with Crippen LogP contribution in [0.3, 0.4) is 0 Å².